The van der Waals surface area contributed by atoms with E-state index in [9.17, 15) is 0 Å². The number of hydrogen-bond donors (Lipinski definition) is 1. The highest BCUT2D eigenvalue weighted by Gasteiger charge is 2.20. The number of hydrogen-bond acceptors (Lipinski definition) is 5. The predicted octanol–water partition coefficient (Wildman–Crippen LogP) is 2.27. The van der Waals surface area contributed by atoms with Crippen molar-refractivity contribution in [3.63, 3.8) is 0 Å². The Bertz CT molecular complexity index is 792. The van der Waals surface area contributed by atoms with Gasteiger partial charge in [-0.25, -0.2) is 0 Å². The van der Waals surface area contributed by atoms with Crippen LogP contribution in [-0.2, 0) is 13.0 Å². The molecule has 2 aromatic rings. The Kier molecular flexibility index (Phi) is 7.93. The van der Waals surface area contributed by atoms with Gasteiger partial charge in [-0.15, -0.1) is 10.2 Å². The summed E-state index contributed by atoms with van der Waals surface area (Å²) >= 11 is 0. The summed E-state index contributed by atoms with van der Waals surface area (Å²) in [6.07, 6.45) is 2.70. The molecule has 0 unspecified atom stereocenters. The zero-order valence-electron chi connectivity index (χ0n) is 18.7. The lowest BCUT2D eigenvalue weighted by Crippen LogP contribution is -2.53. The van der Waals surface area contributed by atoms with E-state index in [1.165, 1.54) is 5.69 Å². The molecular formula is C22H35N7O. The van der Waals surface area contributed by atoms with Crippen molar-refractivity contribution in [3.05, 3.63) is 36.4 Å². The number of aliphatic imine (C=N–C) groups is 1. The SMILES string of the molecule is CCc1nncn1CCNC(=NCC(C)C)N1CCN(c2ccc(OC)cc2)CC1. The van der Waals surface area contributed by atoms with E-state index in [1.807, 2.05) is 12.1 Å². The van der Waals surface area contributed by atoms with Crippen LogP contribution in [0.3, 0.4) is 0 Å². The maximum Gasteiger partial charge on any atom is 0.194 e. The summed E-state index contributed by atoms with van der Waals surface area (Å²) in [6, 6.07) is 8.30. The molecule has 3 rings (SSSR count). The largest absolute Gasteiger partial charge is 0.497 e. The van der Waals surface area contributed by atoms with Crippen LogP contribution >= 0.6 is 0 Å². The zero-order chi connectivity index (χ0) is 21.3. The molecule has 0 amide bonds. The van der Waals surface area contributed by atoms with Gasteiger partial charge in [0.25, 0.3) is 0 Å². The Morgan fingerprint density at radius 1 is 1.17 bits per heavy atom. The Labute approximate surface area is 179 Å². The number of nitrogens with zero attached hydrogens (tertiary/aromatic N) is 6. The van der Waals surface area contributed by atoms with Crippen LogP contribution < -0.4 is 15.0 Å². The lowest BCUT2D eigenvalue weighted by atomic mass is 10.2. The third-order valence-corrected chi connectivity index (χ3v) is 5.27. The zero-order valence-corrected chi connectivity index (χ0v) is 18.7. The Balaban J connectivity index is 1.56. The minimum absolute atomic E-state index is 0.534. The van der Waals surface area contributed by atoms with Crippen molar-refractivity contribution < 1.29 is 4.74 Å². The molecule has 164 valence electrons. The smallest absolute Gasteiger partial charge is 0.194 e. The van der Waals surface area contributed by atoms with Crippen LogP contribution in [-0.4, -0.2) is 72.0 Å². The summed E-state index contributed by atoms with van der Waals surface area (Å²) < 4.78 is 7.38. The van der Waals surface area contributed by atoms with E-state index in [2.05, 4.69) is 62.8 Å². The monoisotopic (exact) mass is 413 g/mol. The van der Waals surface area contributed by atoms with E-state index in [-0.39, 0.29) is 0 Å². The molecule has 8 nitrogen and oxygen atoms in total. The first kappa shape index (κ1) is 21.9. The van der Waals surface area contributed by atoms with E-state index < -0.39 is 0 Å². The van der Waals surface area contributed by atoms with Crippen LogP contribution in [0.5, 0.6) is 5.75 Å². The second-order valence-electron chi connectivity index (χ2n) is 7.95. The van der Waals surface area contributed by atoms with Crippen LogP contribution in [0.2, 0.25) is 0 Å². The molecule has 1 aliphatic heterocycles. The first-order valence-corrected chi connectivity index (χ1v) is 10.9. The average molecular weight is 414 g/mol. The number of methoxy groups -OCH3 is 1. The highest BCUT2D eigenvalue weighted by molar-refractivity contribution is 5.80. The molecule has 0 radical (unpaired) electrons. The van der Waals surface area contributed by atoms with Gasteiger partial charge in [0.1, 0.15) is 17.9 Å². The molecule has 0 saturated carbocycles. The fraction of sp³-hybridized carbons (Fsp3) is 0.591. The van der Waals surface area contributed by atoms with E-state index >= 15 is 0 Å². The third-order valence-electron chi connectivity index (χ3n) is 5.27. The van der Waals surface area contributed by atoms with Gasteiger partial charge in [0, 0.05) is 57.9 Å². The van der Waals surface area contributed by atoms with Crippen LogP contribution in [0.15, 0.2) is 35.6 Å². The first-order valence-electron chi connectivity index (χ1n) is 10.9. The topological polar surface area (TPSA) is 70.8 Å². The Hall–Kier alpha value is -2.77. The lowest BCUT2D eigenvalue weighted by Gasteiger charge is -2.38. The lowest BCUT2D eigenvalue weighted by molar-refractivity contribution is 0.369. The molecule has 8 heteroatoms. The Morgan fingerprint density at radius 2 is 1.90 bits per heavy atom. The number of anilines is 1. The van der Waals surface area contributed by atoms with Crippen molar-refractivity contribution in [1.29, 1.82) is 0 Å². The summed E-state index contributed by atoms with van der Waals surface area (Å²) in [4.78, 5) is 9.67. The summed E-state index contributed by atoms with van der Waals surface area (Å²) in [5.74, 6) is 3.45. The van der Waals surface area contributed by atoms with Crippen LogP contribution in [0.4, 0.5) is 5.69 Å². The van der Waals surface area contributed by atoms with Crippen molar-refractivity contribution in [2.24, 2.45) is 10.9 Å². The van der Waals surface area contributed by atoms with Gasteiger partial charge in [0.15, 0.2) is 5.96 Å². The summed E-state index contributed by atoms with van der Waals surface area (Å²) in [5, 5.41) is 11.7. The van der Waals surface area contributed by atoms with Crippen molar-refractivity contribution in [3.8, 4) is 5.75 Å². The number of benzene rings is 1. The second kappa shape index (κ2) is 10.8. The predicted molar refractivity (Wildman–Crippen MR) is 121 cm³/mol. The van der Waals surface area contributed by atoms with E-state index in [0.717, 1.165) is 69.8 Å². The van der Waals surface area contributed by atoms with Crippen molar-refractivity contribution in [2.45, 2.75) is 33.7 Å². The van der Waals surface area contributed by atoms with Gasteiger partial charge in [-0.05, 0) is 30.2 Å². The molecule has 1 aromatic carbocycles. The maximum atomic E-state index is 5.27. The maximum absolute atomic E-state index is 5.27. The van der Waals surface area contributed by atoms with Crippen molar-refractivity contribution in [1.82, 2.24) is 25.0 Å². The number of rotatable bonds is 8. The van der Waals surface area contributed by atoms with Gasteiger partial charge < -0.3 is 24.4 Å². The molecule has 2 heterocycles. The van der Waals surface area contributed by atoms with Crippen LogP contribution in [0.1, 0.15) is 26.6 Å². The van der Waals surface area contributed by atoms with Crippen molar-refractivity contribution >= 4 is 11.6 Å². The molecule has 1 aliphatic rings. The van der Waals surface area contributed by atoms with Gasteiger partial charge in [-0.3, -0.25) is 4.99 Å². The first-order chi connectivity index (χ1) is 14.6. The summed E-state index contributed by atoms with van der Waals surface area (Å²) in [7, 11) is 1.70. The van der Waals surface area contributed by atoms with Crippen LogP contribution in [0, 0.1) is 5.92 Å². The molecule has 1 fully saturated rings. The van der Waals surface area contributed by atoms with E-state index in [1.54, 1.807) is 13.4 Å². The molecule has 30 heavy (non-hydrogen) atoms. The standard InChI is InChI=1S/C22H35N7O/c1-5-21-26-25-17-29(21)11-10-23-22(24-16-18(2)3)28-14-12-27(13-15-28)19-6-8-20(30-4)9-7-19/h6-9,17-18H,5,10-16H2,1-4H3,(H,23,24). The van der Waals surface area contributed by atoms with Gasteiger partial charge in [-0.1, -0.05) is 20.8 Å². The molecule has 0 aliphatic carbocycles. The number of aryl methyl sites for hydroxylation is 1. The molecule has 1 saturated heterocycles. The number of nitrogens with one attached hydrogen (secondary N) is 1. The van der Waals surface area contributed by atoms with Crippen LogP contribution in [0.25, 0.3) is 0 Å². The summed E-state index contributed by atoms with van der Waals surface area (Å²) in [5.41, 5.74) is 1.24. The average Bonchev–Trinajstić information content (AvgIpc) is 3.23. The van der Waals surface area contributed by atoms with Gasteiger partial charge in [0.05, 0.1) is 7.11 Å². The minimum atomic E-state index is 0.534. The summed E-state index contributed by atoms with van der Waals surface area (Å²) in [6.45, 7) is 12.8. The number of guanidine groups is 1. The number of ether oxygens (including phenoxy) is 1. The van der Waals surface area contributed by atoms with Crippen molar-refractivity contribution in [2.75, 3.05) is 51.3 Å². The fourth-order valence-corrected chi connectivity index (χ4v) is 3.53. The molecule has 0 atom stereocenters. The van der Waals surface area contributed by atoms with Gasteiger partial charge >= 0.3 is 0 Å². The minimum Gasteiger partial charge on any atom is -0.497 e. The van der Waals surface area contributed by atoms with E-state index in [0.29, 0.717) is 5.92 Å². The fourth-order valence-electron chi connectivity index (χ4n) is 3.53. The third kappa shape index (κ3) is 5.87. The second-order valence-corrected chi connectivity index (χ2v) is 7.95. The molecule has 0 bridgehead atoms. The van der Waals surface area contributed by atoms with E-state index in [4.69, 9.17) is 9.73 Å². The molecular weight excluding hydrogens is 378 g/mol. The normalized spacial score (nSPS) is 15.0. The van der Waals surface area contributed by atoms with Gasteiger partial charge in [-0.2, -0.15) is 0 Å². The molecule has 1 aromatic heterocycles. The molecule has 1 N–H and O–H groups in total. The quantitative estimate of drug-likeness (QED) is 0.529. The highest BCUT2D eigenvalue weighted by atomic mass is 16.5. The molecule has 0 spiro atoms. The highest BCUT2D eigenvalue weighted by Crippen LogP contribution is 2.20. The number of aromatic nitrogens is 3. The Morgan fingerprint density at radius 3 is 2.53 bits per heavy atom. The van der Waals surface area contributed by atoms with Gasteiger partial charge in [0.2, 0.25) is 0 Å². The number of piperazine rings is 1.